The van der Waals surface area contributed by atoms with Gasteiger partial charge in [0.05, 0.1) is 10.6 Å². The van der Waals surface area contributed by atoms with E-state index in [2.05, 4.69) is 41.3 Å². The number of aliphatic hydroxyl groups is 1. The number of aromatic nitrogens is 2. The SMILES string of the molecule is Cc1ccccc1[C@@]1(O)CCN(Cc2snnc2C(C)C)C1. The first kappa shape index (κ1) is 15.6. The summed E-state index contributed by atoms with van der Waals surface area (Å²) >= 11 is 1.48. The van der Waals surface area contributed by atoms with Gasteiger partial charge < -0.3 is 5.11 Å². The average molecular weight is 317 g/mol. The summed E-state index contributed by atoms with van der Waals surface area (Å²) in [5, 5.41) is 15.3. The van der Waals surface area contributed by atoms with Gasteiger partial charge in [-0.05, 0) is 41.9 Å². The van der Waals surface area contributed by atoms with Gasteiger partial charge in [0.2, 0.25) is 0 Å². The first-order chi connectivity index (χ1) is 10.5. The number of hydrogen-bond donors (Lipinski definition) is 1. The van der Waals surface area contributed by atoms with E-state index in [9.17, 15) is 5.11 Å². The van der Waals surface area contributed by atoms with Gasteiger partial charge in [-0.1, -0.05) is 42.6 Å². The van der Waals surface area contributed by atoms with Crippen molar-refractivity contribution in [1.82, 2.24) is 14.5 Å². The molecule has 1 aromatic heterocycles. The van der Waals surface area contributed by atoms with Crippen LogP contribution in [0.15, 0.2) is 24.3 Å². The standard InChI is InChI=1S/C17H23N3OS/c1-12(2)16-15(22-19-18-16)10-20-9-8-17(21,11-20)14-7-5-4-6-13(14)3/h4-7,12,21H,8-11H2,1-3H3/t17-/m1/s1. The van der Waals surface area contributed by atoms with E-state index in [0.717, 1.165) is 36.3 Å². The number of benzene rings is 1. The van der Waals surface area contributed by atoms with E-state index < -0.39 is 5.60 Å². The largest absolute Gasteiger partial charge is 0.384 e. The Morgan fingerprint density at radius 2 is 2.14 bits per heavy atom. The van der Waals surface area contributed by atoms with Crippen molar-refractivity contribution in [1.29, 1.82) is 0 Å². The molecule has 118 valence electrons. The van der Waals surface area contributed by atoms with Crippen LogP contribution >= 0.6 is 11.5 Å². The molecule has 0 bridgehead atoms. The molecule has 5 heteroatoms. The Kier molecular flexibility index (Phi) is 4.30. The van der Waals surface area contributed by atoms with Crippen molar-refractivity contribution in [2.24, 2.45) is 0 Å². The maximum absolute atomic E-state index is 11.1. The molecule has 1 N–H and O–H groups in total. The van der Waals surface area contributed by atoms with E-state index in [1.807, 2.05) is 18.2 Å². The summed E-state index contributed by atoms with van der Waals surface area (Å²) in [5.74, 6) is 0.395. The quantitative estimate of drug-likeness (QED) is 0.941. The molecule has 0 unspecified atom stereocenters. The summed E-state index contributed by atoms with van der Waals surface area (Å²) in [7, 11) is 0. The second-order valence-electron chi connectivity index (χ2n) is 6.54. The van der Waals surface area contributed by atoms with E-state index in [1.54, 1.807) is 0 Å². The maximum atomic E-state index is 11.1. The second-order valence-corrected chi connectivity index (χ2v) is 7.38. The van der Waals surface area contributed by atoms with Crippen LogP contribution in [0.3, 0.4) is 0 Å². The molecule has 4 nitrogen and oxygen atoms in total. The molecular weight excluding hydrogens is 294 g/mol. The Hall–Kier alpha value is -1.30. The zero-order valence-corrected chi connectivity index (χ0v) is 14.2. The summed E-state index contributed by atoms with van der Waals surface area (Å²) in [4.78, 5) is 3.54. The molecule has 2 heterocycles. The molecule has 1 aliphatic rings. The monoisotopic (exact) mass is 317 g/mol. The zero-order chi connectivity index (χ0) is 15.7. The van der Waals surface area contributed by atoms with Crippen LogP contribution in [0.4, 0.5) is 0 Å². The summed E-state index contributed by atoms with van der Waals surface area (Å²) in [6.45, 7) is 8.77. The lowest BCUT2D eigenvalue weighted by Crippen LogP contribution is -2.31. The van der Waals surface area contributed by atoms with Gasteiger partial charge in [-0.2, -0.15) is 0 Å². The average Bonchev–Trinajstić information content (AvgIpc) is 3.07. The molecule has 2 aromatic rings. The number of nitrogens with zero attached hydrogens (tertiary/aromatic N) is 3. The molecule has 1 aromatic carbocycles. The van der Waals surface area contributed by atoms with Crippen molar-refractivity contribution in [2.75, 3.05) is 13.1 Å². The molecule has 1 atom stereocenters. The molecule has 3 rings (SSSR count). The minimum atomic E-state index is -0.735. The van der Waals surface area contributed by atoms with Gasteiger partial charge in [-0.15, -0.1) is 5.10 Å². The zero-order valence-electron chi connectivity index (χ0n) is 13.4. The summed E-state index contributed by atoms with van der Waals surface area (Å²) in [6, 6.07) is 8.15. The number of likely N-dealkylation sites (tertiary alicyclic amines) is 1. The normalized spacial score (nSPS) is 22.6. The lowest BCUT2D eigenvalue weighted by molar-refractivity contribution is 0.0447. The van der Waals surface area contributed by atoms with Gasteiger partial charge in [0.25, 0.3) is 0 Å². The number of aryl methyl sites for hydroxylation is 1. The highest BCUT2D eigenvalue weighted by Gasteiger charge is 2.38. The molecule has 0 spiro atoms. The van der Waals surface area contributed by atoms with Gasteiger partial charge in [-0.3, -0.25) is 4.90 Å². The van der Waals surface area contributed by atoms with Crippen LogP contribution in [0.25, 0.3) is 0 Å². The van der Waals surface area contributed by atoms with E-state index >= 15 is 0 Å². The topological polar surface area (TPSA) is 49.2 Å². The van der Waals surface area contributed by atoms with Crippen LogP contribution in [-0.2, 0) is 12.1 Å². The highest BCUT2D eigenvalue weighted by atomic mass is 32.1. The molecule has 1 saturated heterocycles. The van der Waals surface area contributed by atoms with Crippen LogP contribution < -0.4 is 0 Å². The van der Waals surface area contributed by atoms with Crippen LogP contribution in [-0.4, -0.2) is 32.7 Å². The first-order valence-electron chi connectivity index (χ1n) is 7.81. The third kappa shape index (κ3) is 2.93. The van der Waals surface area contributed by atoms with Crippen molar-refractivity contribution in [2.45, 2.75) is 45.3 Å². The molecule has 1 fully saturated rings. The number of rotatable bonds is 4. The molecule has 0 radical (unpaired) electrons. The van der Waals surface area contributed by atoms with E-state index in [1.165, 1.54) is 16.4 Å². The van der Waals surface area contributed by atoms with E-state index in [4.69, 9.17) is 0 Å². The fraction of sp³-hybridized carbons (Fsp3) is 0.529. The summed E-state index contributed by atoms with van der Waals surface area (Å²) < 4.78 is 4.10. The minimum absolute atomic E-state index is 0.395. The Morgan fingerprint density at radius 3 is 2.86 bits per heavy atom. The van der Waals surface area contributed by atoms with Crippen LogP contribution in [0, 0.1) is 6.92 Å². The summed E-state index contributed by atoms with van der Waals surface area (Å²) in [5.41, 5.74) is 2.58. The Bertz CT molecular complexity index is 655. The Morgan fingerprint density at radius 1 is 1.36 bits per heavy atom. The Labute approximate surface area is 136 Å². The fourth-order valence-corrected chi connectivity index (χ4v) is 4.13. The van der Waals surface area contributed by atoms with Crippen molar-refractivity contribution in [3.05, 3.63) is 46.0 Å². The van der Waals surface area contributed by atoms with Crippen molar-refractivity contribution < 1.29 is 5.11 Å². The number of β-amino-alcohol motifs (C(OH)–C–C–N with tert-alkyl or cyclic N) is 1. The predicted molar refractivity (Wildman–Crippen MR) is 89.0 cm³/mol. The molecule has 0 saturated carbocycles. The van der Waals surface area contributed by atoms with Crippen molar-refractivity contribution >= 4 is 11.5 Å². The first-order valence-corrected chi connectivity index (χ1v) is 8.59. The van der Waals surface area contributed by atoms with Crippen LogP contribution in [0.1, 0.15) is 47.9 Å². The van der Waals surface area contributed by atoms with Gasteiger partial charge in [-0.25, -0.2) is 0 Å². The summed E-state index contributed by atoms with van der Waals surface area (Å²) in [6.07, 6.45) is 0.779. The molecule has 1 aliphatic heterocycles. The fourth-order valence-electron chi connectivity index (χ4n) is 3.29. The van der Waals surface area contributed by atoms with Crippen LogP contribution in [0.5, 0.6) is 0 Å². The number of hydrogen-bond acceptors (Lipinski definition) is 5. The molecular formula is C17H23N3OS. The molecule has 22 heavy (non-hydrogen) atoms. The third-order valence-electron chi connectivity index (χ3n) is 4.47. The lowest BCUT2D eigenvalue weighted by Gasteiger charge is -2.25. The molecule has 0 aliphatic carbocycles. The molecule has 0 amide bonds. The predicted octanol–water partition coefficient (Wildman–Crippen LogP) is 3.06. The van der Waals surface area contributed by atoms with Gasteiger partial charge >= 0.3 is 0 Å². The highest BCUT2D eigenvalue weighted by molar-refractivity contribution is 7.05. The maximum Gasteiger partial charge on any atom is 0.104 e. The van der Waals surface area contributed by atoms with Gasteiger partial charge in [0, 0.05) is 19.6 Å². The third-order valence-corrected chi connectivity index (χ3v) is 5.19. The van der Waals surface area contributed by atoms with E-state index in [-0.39, 0.29) is 0 Å². The van der Waals surface area contributed by atoms with Crippen molar-refractivity contribution in [3.63, 3.8) is 0 Å². The second kappa shape index (κ2) is 6.07. The minimum Gasteiger partial charge on any atom is -0.384 e. The van der Waals surface area contributed by atoms with Crippen molar-refractivity contribution in [3.8, 4) is 0 Å². The lowest BCUT2D eigenvalue weighted by atomic mass is 9.89. The Balaban J connectivity index is 1.75. The smallest absolute Gasteiger partial charge is 0.104 e. The van der Waals surface area contributed by atoms with Gasteiger partial charge in [0.1, 0.15) is 5.60 Å². The van der Waals surface area contributed by atoms with Crippen LogP contribution in [0.2, 0.25) is 0 Å². The van der Waals surface area contributed by atoms with Gasteiger partial charge in [0.15, 0.2) is 0 Å². The van der Waals surface area contributed by atoms with E-state index in [0.29, 0.717) is 12.5 Å². The highest BCUT2D eigenvalue weighted by Crippen LogP contribution is 2.35.